The number of nitrogens with zero attached hydrogens (tertiary/aromatic N) is 5. The number of nitriles is 2. The molecular weight excluding hydrogens is 609 g/mol. The molecule has 3 aromatic rings. The zero-order chi connectivity index (χ0) is 32.3. The fourth-order valence-corrected chi connectivity index (χ4v) is 5.96. The van der Waals surface area contributed by atoms with Gasteiger partial charge < -0.3 is 5.32 Å². The van der Waals surface area contributed by atoms with Gasteiger partial charge in [0.15, 0.2) is 0 Å². The maximum absolute atomic E-state index is 14.9. The van der Waals surface area contributed by atoms with Crippen LogP contribution in [0.1, 0.15) is 61.3 Å². The Labute approximate surface area is 261 Å². The molecule has 1 aliphatic carbocycles. The number of alkyl halides is 2. The van der Waals surface area contributed by atoms with Gasteiger partial charge >= 0.3 is 0 Å². The minimum absolute atomic E-state index is 0.00161. The number of anilines is 2. The molecular formula is C32H26ClF3N6O3. The number of rotatable bonds is 7. The second-order valence-electron chi connectivity index (χ2n) is 10.9. The number of carbonyl (C=O) groups excluding carboxylic acids is 3. The first-order valence-electron chi connectivity index (χ1n) is 14.2. The van der Waals surface area contributed by atoms with E-state index in [1.807, 2.05) is 12.1 Å². The summed E-state index contributed by atoms with van der Waals surface area (Å²) in [6.45, 7) is 0. The van der Waals surface area contributed by atoms with Gasteiger partial charge in [-0.15, -0.1) is 0 Å². The second kappa shape index (κ2) is 13.0. The van der Waals surface area contributed by atoms with Crippen molar-refractivity contribution in [2.24, 2.45) is 0 Å². The Hall–Kier alpha value is -4.94. The predicted molar refractivity (Wildman–Crippen MR) is 158 cm³/mol. The van der Waals surface area contributed by atoms with Crippen LogP contribution in [0.25, 0.3) is 0 Å². The second-order valence-corrected chi connectivity index (χ2v) is 11.3. The first-order chi connectivity index (χ1) is 21.5. The lowest BCUT2D eigenvalue weighted by atomic mass is 9.91. The first kappa shape index (κ1) is 31.5. The Balaban J connectivity index is 1.64. The van der Waals surface area contributed by atoms with E-state index < -0.39 is 60.4 Å². The van der Waals surface area contributed by atoms with E-state index in [1.54, 1.807) is 12.1 Å². The highest BCUT2D eigenvalue weighted by molar-refractivity contribution is 6.31. The lowest BCUT2D eigenvalue weighted by molar-refractivity contribution is -0.128. The Morgan fingerprint density at radius 3 is 2.44 bits per heavy atom. The lowest BCUT2D eigenvalue weighted by Gasteiger charge is -2.37. The van der Waals surface area contributed by atoms with E-state index in [0.29, 0.717) is 0 Å². The largest absolute Gasteiger partial charge is 0.351 e. The molecule has 45 heavy (non-hydrogen) atoms. The molecule has 2 atom stereocenters. The topological polar surface area (TPSA) is 130 Å². The van der Waals surface area contributed by atoms with E-state index in [0.717, 1.165) is 21.9 Å². The number of carbonyl (C=O) groups is 3. The van der Waals surface area contributed by atoms with Crippen molar-refractivity contribution in [2.45, 2.75) is 62.6 Å². The summed E-state index contributed by atoms with van der Waals surface area (Å²) in [4.78, 5) is 48.2. The molecule has 0 bridgehead atoms. The van der Waals surface area contributed by atoms with Crippen molar-refractivity contribution in [2.75, 3.05) is 9.80 Å². The molecule has 2 heterocycles. The Morgan fingerprint density at radius 1 is 1.04 bits per heavy atom. The van der Waals surface area contributed by atoms with Gasteiger partial charge in [-0.25, -0.2) is 18.2 Å². The highest BCUT2D eigenvalue weighted by Crippen LogP contribution is 2.38. The molecule has 1 saturated heterocycles. The SMILES string of the molecule is N#Cc1cc(F)cc(N(C(=O)[C@@H]2CCC(=O)N2c2cc(C#N)ccn2)[C@H](C(=O)NC2CCC(F)(F)CC2)c2ccccc2Cl)c1. The number of aromatic nitrogens is 1. The quantitative estimate of drug-likeness (QED) is 0.361. The van der Waals surface area contributed by atoms with Crippen molar-refractivity contribution in [1.29, 1.82) is 10.5 Å². The summed E-state index contributed by atoms with van der Waals surface area (Å²) in [6.07, 6.45) is 0.383. The van der Waals surface area contributed by atoms with Crippen LogP contribution in [0.15, 0.2) is 60.8 Å². The summed E-state index contributed by atoms with van der Waals surface area (Å²) in [5.41, 5.74) is 0.0375. The van der Waals surface area contributed by atoms with E-state index in [1.165, 1.54) is 36.5 Å². The van der Waals surface area contributed by atoms with E-state index in [4.69, 9.17) is 11.6 Å². The third-order valence-electron chi connectivity index (χ3n) is 7.92. The minimum Gasteiger partial charge on any atom is -0.351 e. The van der Waals surface area contributed by atoms with Crippen LogP contribution in [0.5, 0.6) is 0 Å². The van der Waals surface area contributed by atoms with Crippen molar-refractivity contribution < 1.29 is 27.6 Å². The van der Waals surface area contributed by atoms with E-state index in [9.17, 15) is 38.1 Å². The highest BCUT2D eigenvalue weighted by Gasteiger charge is 2.45. The normalized spacial score (nSPS) is 18.5. The molecule has 13 heteroatoms. The highest BCUT2D eigenvalue weighted by atomic mass is 35.5. The monoisotopic (exact) mass is 634 g/mol. The van der Waals surface area contributed by atoms with Gasteiger partial charge in [-0.05, 0) is 55.7 Å². The minimum atomic E-state index is -2.85. The molecule has 3 amide bonds. The van der Waals surface area contributed by atoms with Crippen molar-refractivity contribution >= 4 is 40.8 Å². The van der Waals surface area contributed by atoms with E-state index in [-0.39, 0.29) is 58.9 Å². The standard InChI is InChI=1S/C32H26ClF3N6O3/c33-25-4-2-1-3-24(25)29(30(44)40-22-7-10-32(35,36)11-8-22)41(23-14-20(18-38)13-21(34)16-23)31(45)26-5-6-28(43)42(26)27-15-19(17-37)9-12-39-27/h1-4,9,12-16,22,26,29H,5-8,10-11H2,(H,40,44)/t26-,29-/m0/s1. The van der Waals surface area contributed by atoms with Gasteiger partial charge in [0.1, 0.15) is 23.7 Å². The molecule has 9 nitrogen and oxygen atoms in total. The molecule has 1 aromatic heterocycles. The average molecular weight is 635 g/mol. The van der Waals surface area contributed by atoms with Crippen LogP contribution in [0, 0.1) is 28.5 Å². The molecule has 1 N–H and O–H groups in total. The van der Waals surface area contributed by atoms with E-state index >= 15 is 0 Å². The number of nitrogens with one attached hydrogen (secondary N) is 1. The van der Waals surface area contributed by atoms with Gasteiger partial charge in [0.05, 0.1) is 23.3 Å². The van der Waals surface area contributed by atoms with Crippen LogP contribution in [0.3, 0.4) is 0 Å². The average Bonchev–Trinajstić information content (AvgIpc) is 3.41. The van der Waals surface area contributed by atoms with Gasteiger partial charge in [-0.2, -0.15) is 10.5 Å². The van der Waals surface area contributed by atoms with Crippen molar-refractivity contribution in [1.82, 2.24) is 10.3 Å². The Kier molecular flexibility index (Phi) is 9.07. The zero-order valence-corrected chi connectivity index (χ0v) is 24.5. The molecule has 1 saturated carbocycles. The fourth-order valence-electron chi connectivity index (χ4n) is 5.73. The van der Waals surface area contributed by atoms with Gasteiger partial charge in [0.2, 0.25) is 17.7 Å². The molecule has 0 spiro atoms. The number of benzene rings is 2. The molecule has 0 unspecified atom stereocenters. The van der Waals surface area contributed by atoms with Crippen LogP contribution in [-0.2, 0) is 14.4 Å². The van der Waals surface area contributed by atoms with Crippen molar-refractivity contribution in [3.8, 4) is 12.1 Å². The number of halogens is 4. The van der Waals surface area contributed by atoms with Gasteiger partial charge in [0.25, 0.3) is 5.91 Å². The molecule has 0 radical (unpaired) electrons. The number of amides is 3. The van der Waals surface area contributed by atoms with Crippen molar-refractivity contribution in [3.63, 3.8) is 0 Å². The van der Waals surface area contributed by atoms with Gasteiger partial charge in [-0.3, -0.25) is 24.2 Å². The number of hydrogen-bond acceptors (Lipinski definition) is 6. The molecule has 2 fully saturated rings. The number of pyridine rings is 1. The zero-order valence-electron chi connectivity index (χ0n) is 23.7. The Morgan fingerprint density at radius 2 is 1.76 bits per heavy atom. The molecule has 5 rings (SSSR count). The first-order valence-corrected chi connectivity index (χ1v) is 14.5. The maximum atomic E-state index is 14.9. The summed E-state index contributed by atoms with van der Waals surface area (Å²) in [5.74, 6) is -5.72. The smallest absolute Gasteiger partial charge is 0.251 e. The van der Waals surface area contributed by atoms with Crippen LogP contribution in [-0.4, -0.2) is 40.7 Å². The lowest BCUT2D eigenvalue weighted by Crippen LogP contribution is -2.53. The maximum Gasteiger partial charge on any atom is 0.251 e. The third kappa shape index (κ3) is 6.76. The predicted octanol–water partition coefficient (Wildman–Crippen LogP) is 5.58. The van der Waals surface area contributed by atoms with Gasteiger partial charge in [-0.1, -0.05) is 29.8 Å². The summed E-state index contributed by atoms with van der Waals surface area (Å²) < 4.78 is 42.7. The summed E-state index contributed by atoms with van der Waals surface area (Å²) in [7, 11) is 0. The van der Waals surface area contributed by atoms with Gasteiger partial charge in [0, 0.05) is 47.8 Å². The van der Waals surface area contributed by atoms with Crippen LogP contribution < -0.4 is 15.1 Å². The third-order valence-corrected chi connectivity index (χ3v) is 8.26. The molecule has 1 aliphatic heterocycles. The van der Waals surface area contributed by atoms with Crippen LogP contribution >= 0.6 is 11.6 Å². The Bertz CT molecular complexity index is 1730. The fraction of sp³-hybridized carbons (Fsp3) is 0.312. The van der Waals surface area contributed by atoms with Crippen molar-refractivity contribution in [3.05, 3.63) is 88.3 Å². The molecule has 230 valence electrons. The molecule has 2 aliphatic rings. The van der Waals surface area contributed by atoms with E-state index in [2.05, 4.69) is 10.3 Å². The number of hydrogen-bond donors (Lipinski definition) is 1. The summed E-state index contributed by atoms with van der Waals surface area (Å²) >= 11 is 6.56. The van der Waals surface area contributed by atoms with Crippen LogP contribution in [0.4, 0.5) is 24.7 Å². The summed E-state index contributed by atoms with van der Waals surface area (Å²) in [5, 5.41) is 21.8. The van der Waals surface area contributed by atoms with Crippen LogP contribution in [0.2, 0.25) is 5.02 Å². The summed E-state index contributed by atoms with van der Waals surface area (Å²) in [6, 6.07) is 12.5. The molecule has 2 aromatic carbocycles.